The zero-order valence-corrected chi connectivity index (χ0v) is 9.96. The number of nitrogens with zero attached hydrogens (tertiary/aromatic N) is 4. The van der Waals surface area contributed by atoms with Crippen LogP contribution in [0.5, 0.6) is 0 Å². The molecule has 0 bridgehead atoms. The smallest absolute Gasteiger partial charge is 0.209 e. The Morgan fingerprint density at radius 3 is 2.85 bits per heavy atom. The van der Waals surface area contributed by atoms with E-state index in [1.54, 1.807) is 0 Å². The van der Waals surface area contributed by atoms with Crippen LogP contribution in [0.4, 0.5) is 0 Å². The standard InChI is InChI=1S/C5H4N4P4/c1-2-4-5(3-1)13-8-11-6-10-7-12-9-13/h1-4H. The number of allylic oxidation sites excluding steroid dienone is 4. The van der Waals surface area contributed by atoms with E-state index in [2.05, 4.69) is 18.4 Å². The molecular weight excluding hydrogens is 240 g/mol. The predicted octanol–water partition coefficient (Wildman–Crippen LogP) is 5.12. The Balaban J connectivity index is 2.33. The highest BCUT2D eigenvalue weighted by Gasteiger charge is 2.07. The summed E-state index contributed by atoms with van der Waals surface area (Å²) in [4.78, 5) is 4.36. The van der Waals surface area contributed by atoms with Crippen molar-refractivity contribution in [2.24, 2.45) is 13.5 Å². The lowest BCUT2D eigenvalue weighted by Gasteiger charge is -1.99. The maximum atomic E-state index is 4.36. The molecule has 0 N–H and O–H groups in total. The first kappa shape index (κ1) is 9.46. The summed E-state index contributed by atoms with van der Waals surface area (Å²) in [6.45, 7) is 0. The van der Waals surface area contributed by atoms with Crippen LogP contribution in [0, 0.1) is 0 Å². The molecule has 0 aromatic carbocycles. The second-order valence-corrected chi connectivity index (χ2v) is 6.55. The summed E-state index contributed by atoms with van der Waals surface area (Å²) in [6, 6.07) is 0. The first-order valence-corrected chi connectivity index (χ1v) is 7.05. The number of rotatable bonds is 0. The Morgan fingerprint density at radius 1 is 1.15 bits per heavy atom. The van der Waals surface area contributed by atoms with E-state index >= 15 is 0 Å². The fourth-order valence-electron chi connectivity index (χ4n) is 0.784. The van der Waals surface area contributed by atoms with Gasteiger partial charge in [-0.25, -0.2) is 4.52 Å². The second-order valence-electron chi connectivity index (χ2n) is 2.06. The third-order valence-corrected chi connectivity index (χ3v) is 5.32. The molecule has 0 amide bonds. The maximum absolute atomic E-state index is 4.36. The molecule has 0 fully saturated rings. The molecule has 1 aliphatic heterocycles. The molecule has 1 heterocycles. The Bertz CT molecular complexity index is 364. The van der Waals surface area contributed by atoms with Crippen molar-refractivity contribution in [3.05, 3.63) is 29.2 Å². The molecule has 4 nitrogen and oxygen atoms in total. The molecule has 0 aromatic rings. The van der Waals surface area contributed by atoms with Crippen LogP contribution in [0.3, 0.4) is 0 Å². The quantitative estimate of drug-likeness (QED) is 0.531. The van der Waals surface area contributed by atoms with Crippen molar-refractivity contribution >= 4 is 38.7 Å². The maximum Gasteiger partial charge on any atom is 0.209 e. The van der Waals surface area contributed by atoms with Gasteiger partial charge in [0.25, 0.3) is 0 Å². The van der Waals surface area contributed by atoms with Crippen LogP contribution >= 0.6 is 33.4 Å². The average molecular weight is 244 g/mol. The van der Waals surface area contributed by atoms with Crippen molar-refractivity contribution in [3.63, 3.8) is 0 Å². The van der Waals surface area contributed by atoms with Gasteiger partial charge in [-0.05, 0) is 16.7 Å². The van der Waals surface area contributed by atoms with Gasteiger partial charge >= 0.3 is 0 Å². The molecule has 2 aliphatic rings. The Morgan fingerprint density at radius 2 is 2.00 bits per heavy atom. The van der Waals surface area contributed by atoms with Crippen molar-refractivity contribution in [1.29, 1.82) is 0 Å². The molecule has 8 heteroatoms. The SMILES string of the molecule is C1=CC(=[P+]2N=PN=PN=P[N-]2)C=C1. The molecule has 64 valence electrons. The molecule has 0 saturated heterocycles. The molecule has 1 atom stereocenters. The normalized spacial score (nSPS) is 26.2. The highest BCUT2D eigenvalue weighted by molar-refractivity contribution is 7.73. The minimum absolute atomic E-state index is 0.735. The Hall–Kier alpha value is -0.0900. The lowest BCUT2D eigenvalue weighted by Crippen LogP contribution is -1.77. The van der Waals surface area contributed by atoms with Crippen LogP contribution in [-0.4, -0.2) is 5.29 Å². The fraction of sp³-hybridized carbons (Fsp3) is 0. The summed E-state index contributed by atoms with van der Waals surface area (Å²) in [5.41, 5.74) is 0. The zero-order valence-electron chi connectivity index (χ0n) is 6.39. The van der Waals surface area contributed by atoms with Crippen molar-refractivity contribution in [1.82, 2.24) is 0 Å². The number of hydrogen-bond donors (Lipinski definition) is 0. The van der Waals surface area contributed by atoms with E-state index in [1.807, 2.05) is 24.3 Å². The van der Waals surface area contributed by atoms with E-state index in [1.165, 1.54) is 5.29 Å². The van der Waals surface area contributed by atoms with Crippen molar-refractivity contribution in [2.45, 2.75) is 0 Å². The van der Waals surface area contributed by atoms with Gasteiger partial charge in [0.15, 0.2) is 21.7 Å². The largest absolute Gasteiger partial charge is 0.347 e. The molecule has 1 aliphatic carbocycles. The minimum atomic E-state index is -0.740. The molecule has 0 spiro atoms. The average Bonchev–Trinajstić information content (AvgIpc) is 2.55. The molecule has 2 rings (SSSR count). The van der Waals surface area contributed by atoms with Gasteiger partial charge in [-0.3, -0.25) is 0 Å². The van der Waals surface area contributed by atoms with E-state index in [0.717, 1.165) is 25.6 Å². The predicted molar refractivity (Wildman–Crippen MR) is 61.6 cm³/mol. The first-order chi connectivity index (χ1) is 6.47. The molecule has 13 heavy (non-hydrogen) atoms. The summed E-state index contributed by atoms with van der Waals surface area (Å²) in [6.07, 6.45) is 8.09. The third-order valence-electron chi connectivity index (χ3n) is 1.29. The van der Waals surface area contributed by atoms with Gasteiger partial charge in [0.1, 0.15) is 0 Å². The van der Waals surface area contributed by atoms with Crippen LogP contribution < -0.4 is 0 Å². The van der Waals surface area contributed by atoms with Crippen molar-refractivity contribution in [2.75, 3.05) is 0 Å². The Labute approximate surface area is 81.9 Å². The van der Waals surface area contributed by atoms with Crippen LogP contribution in [0.1, 0.15) is 0 Å². The van der Waals surface area contributed by atoms with Gasteiger partial charge in [0.05, 0.1) is 0 Å². The molecule has 0 saturated carbocycles. The highest BCUT2D eigenvalue weighted by Crippen LogP contribution is 2.47. The van der Waals surface area contributed by atoms with E-state index in [-0.39, 0.29) is 0 Å². The summed E-state index contributed by atoms with van der Waals surface area (Å²) < 4.78 is 12.5. The van der Waals surface area contributed by atoms with E-state index in [9.17, 15) is 0 Å². The third kappa shape index (κ3) is 2.68. The van der Waals surface area contributed by atoms with Gasteiger partial charge in [-0.2, -0.15) is 4.52 Å². The zero-order chi connectivity index (χ0) is 8.93. The lowest BCUT2D eigenvalue weighted by atomic mass is 10.5. The monoisotopic (exact) mass is 244 g/mol. The summed E-state index contributed by atoms with van der Waals surface area (Å²) in [5.74, 6) is 0. The Kier molecular flexibility index (Phi) is 3.61. The molecule has 0 radical (unpaired) electrons. The van der Waals surface area contributed by atoms with Crippen molar-refractivity contribution < 1.29 is 0 Å². The van der Waals surface area contributed by atoms with Gasteiger partial charge in [-0.1, -0.05) is 20.7 Å². The van der Waals surface area contributed by atoms with Gasteiger partial charge < -0.3 is 4.86 Å². The fourth-order valence-corrected chi connectivity index (χ4v) is 4.80. The van der Waals surface area contributed by atoms with E-state index in [0.29, 0.717) is 0 Å². The summed E-state index contributed by atoms with van der Waals surface area (Å²) in [5, 5.41) is 1.18. The van der Waals surface area contributed by atoms with Crippen LogP contribution in [-0.2, 0) is 0 Å². The molecule has 0 aromatic heterocycles. The van der Waals surface area contributed by atoms with Crippen LogP contribution in [0.15, 0.2) is 37.9 Å². The highest BCUT2D eigenvalue weighted by atomic mass is 31.2. The number of hydrogen-bond acceptors (Lipinski definition) is 3. The van der Waals surface area contributed by atoms with Gasteiger partial charge in [0, 0.05) is 0 Å². The van der Waals surface area contributed by atoms with E-state index < -0.39 is 7.85 Å². The first-order valence-electron chi connectivity index (χ1n) is 3.40. The van der Waals surface area contributed by atoms with Gasteiger partial charge in [-0.15, -0.1) is 0 Å². The minimum Gasteiger partial charge on any atom is -0.347 e. The lowest BCUT2D eigenvalue weighted by molar-refractivity contribution is 1.90. The topological polar surface area (TPSA) is 51.2 Å². The van der Waals surface area contributed by atoms with E-state index in [4.69, 9.17) is 0 Å². The summed E-state index contributed by atoms with van der Waals surface area (Å²) in [7, 11) is 1.49. The van der Waals surface area contributed by atoms with Crippen molar-refractivity contribution in [3.8, 4) is 0 Å². The second kappa shape index (κ2) is 4.96. The van der Waals surface area contributed by atoms with Gasteiger partial charge in [0.2, 0.25) is 8.52 Å². The summed E-state index contributed by atoms with van der Waals surface area (Å²) >= 11 is 0. The van der Waals surface area contributed by atoms with Crippen LogP contribution in [0.25, 0.3) is 4.86 Å². The van der Waals surface area contributed by atoms with Crippen LogP contribution in [0.2, 0.25) is 0 Å². The molecule has 1 unspecified atom stereocenters. The molecular formula is C5H4N4P4.